The standard InChI is InChI=1S/C52H30N4S/c1-2-13-31(14-3-1)32-25-27-33(28-26-32)49-48-40-19-8-11-24-47(40)57-51(48)54-52(53-49)56-44-23-10-7-18-37(44)41-29-45-42(30-46(41)56)39-21-12-20-38-35-16-5-4-15-34(35)36-17-6-9-22-43(36)55(45)50(38)39/h1-30H. The highest BCUT2D eigenvalue weighted by molar-refractivity contribution is 7.25. The van der Waals surface area contributed by atoms with Gasteiger partial charge in [-0.15, -0.1) is 11.3 Å². The number of benzene rings is 8. The number of thiophene rings is 1. The zero-order valence-corrected chi connectivity index (χ0v) is 31.3. The molecule has 0 saturated carbocycles. The molecule has 5 heterocycles. The molecule has 0 bridgehead atoms. The Labute approximate surface area is 331 Å². The molecule has 0 radical (unpaired) electrons. The van der Waals surface area contributed by atoms with E-state index in [1.807, 2.05) is 0 Å². The first-order valence-corrected chi connectivity index (χ1v) is 20.2. The second-order valence-electron chi connectivity index (χ2n) is 14.9. The van der Waals surface area contributed by atoms with Crippen molar-refractivity contribution in [2.45, 2.75) is 0 Å². The van der Waals surface area contributed by atoms with Crippen LogP contribution >= 0.6 is 11.3 Å². The second-order valence-corrected chi connectivity index (χ2v) is 16.0. The van der Waals surface area contributed by atoms with Crippen LogP contribution in [0.1, 0.15) is 0 Å². The van der Waals surface area contributed by atoms with E-state index in [-0.39, 0.29) is 0 Å². The van der Waals surface area contributed by atoms with Gasteiger partial charge in [0.1, 0.15) is 4.83 Å². The van der Waals surface area contributed by atoms with Crippen molar-refractivity contribution in [3.05, 3.63) is 182 Å². The van der Waals surface area contributed by atoms with Crippen LogP contribution in [0.2, 0.25) is 0 Å². The Kier molecular flexibility index (Phi) is 6.29. The number of aromatic nitrogens is 4. The monoisotopic (exact) mass is 742 g/mol. The third-order valence-electron chi connectivity index (χ3n) is 11.9. The number of para-hydroxylation sites is 3. The van der Waals surface area contributed by atoms with Crippen LogP contribution in [0.3, 0.4) is 0 Å². The van der Waals surface area contributed by atoms with Gasteiger partial charge in [0, 0.05) is 53.7 Å². The van der Waals surface area contributed by atoms with Crippen molar-refractivity contribution in [1.82, 2.24) is 19.1 Å². The van der Waals surface area contributed by atoms with E-state index in [0.717, 1.165) is 32.5 Å². The highest BCUT2D eigenvalue weighted by atomic mass is 32.1. The number of hydrogen-bond donors (Lipinski definition) is 0. The topological polar surface area (TPSA) is 35.6 Å². The molecule has 0 atom stereocenters. The lowest BCUT2D eigenvalue weighted by Crippen LogP contribution is -2.02. The first-order valence-electron chi connectivity index (χ1n) is 19.3. The van der Waals surface area contributed by atoms with Gasteiger partial charge in [-0.05, 0) is 52.6 Å². The molecule has 12 aromatic rings. The highest BCUT2D eigenvalue weighted by Gasteiger charge is 2.26. The molecule has 0 unspecified atom stereocenters. The van der Waals surface area contributed by atoms with Crippen LogP contribution in [-0.2, 0) is 0 Å². The lowest BCUT2D eigenvalue weighted by molar-refractivity contribution is 1.02. The van der Waals surface area contributed by atoms with Crippen molar-refractivity contribution in [3.63, 3.8) is 0 Å². The Morgan fingerprint density at radius 3 is 1.82 bits per heavy atom. The third kappa shape index (κ3) is 4.32. The van der Waals surface area contributed by atoms with E-state index in [2.05, 4.69) is 191 Å². The van der Waals surface area contributed by atoms with Crippen LogP contribution in [0.15, 0.2) is 182 Å². The van der Waals surface area contributed by atoms with Crippen LogP contribution in [0.5, 0.6) is 0 Å². The van der Waals surface area contributed by atoms with E-state index in [4.69, 9.17) is 9.97 Å². The molecule has 13 rings (SSSR count). The molecule has 1 aliphatic rings. The number of rotatable bonds is 3. The first-order chi connectivity index (χ1) is 28.3. The van der Waals surface area contributed by atoms with Gasteiger partial charge in [-0.25, -0.2) is 9.97 Å². The maximum Gasteiger partial charge on any atom is 0.236 e. The van der Waals surface area contributed by atoms with Crippen molar-refractivity contribution < 1.29 is 0 Å². The zero-order valence-electron chi connectivity index (χ0n) is 30.5. The summed E-state index contributed by atoms with van der Waals surface area (Å²) in [4.78, 5) is 12.0. The largest absolute Gasteiger partial charge is 0.308 e. The zero-order chi connectivity index (χ0) is 37.2. The SMILES string of the molecule is c1ccc(-c2ccc(-c3nc(-n4c5ccccc5c5cc6c(cc54)c4cccc5c4n6-c4ccccc4-c4ccccc4-5)nc4sc5ccccc5c34)cc2)cc1. The summed E-state index contributed by atoms with van der Waals surface area (Å²) >= 11 is 1.73. The summed E-state index contributed by atoms with van der Waals surface area (Å²) < 4.78 is 5.99. The molecular weight excluding hydrogens is 713 g/mol. The van der Waals surface area contributed by atoms with Gasteiger partial charge >= 0.3 is 0 Å². The third-order valence-corrected chi connectivity index (χ3v) is 13.0. The van der Waals surface area contributed by atoms with Crippen molar-refractivity contribution in [2.24, 2.45) is 0 Å². The first kappa shape index (κ1) is 30.9. The van der Waals surface area contributed by atoms with E-state index >= 15 is 0 Å². The number of nitrogens with zero attached hydrogens (tertiary/aromatic N) is 4. The molecule has 57 heavy (non-hydrogen) atoms. The van der Waals surface area contributed by atoms with E-state index in [1.54, 1.807) is 11.3 Å². The van der Waals surface area contributed by atoms with Crippen molar-refractivity contribution in [2.75, 3.05) is 0 Å². The van der Waals surface area contributed by atoms with E-state index in [9.17, 15) is 0 Å². The summed E-state index contributed by atoms with van der Waals surface area (Å²) in [5.74, 6) is 0.673. The van der Waals surface area contributed by atoms with E-state index in [0.29, 0.717) is 5.95 Å². The van der Waals surface area contributed by atoms with Gasteiger partial charge in [0.25, 0.3) is 0 Å². The molecule has 264 valence electrons. The molecule has 5 heteroatoms. The molecular formula is C52H30N4S. The van der Waals surface area contributed by atoms with E-state index < -0.39 is 0 Å². The fourth-order valence-electron chi connectivity index (χ4n) is 9.43. The summed E-state index contributed by atoms with van der Waals surface area (Å²) in [6.45, 7) is 0. The van der Waals surface area contributed by atoms with Crippen LogP contribution in [-0.4, -0.2) is 19.1 Å². The Morgan fingerprint density at radius 1 is 0.386 bits per heavy atom. The summed E-state index contributed by atoms with van der Waals surface area (Å²) in [5, 5.41) is 7.06. The summed E-state index contributed by atoms with van der Waals surface area (Å²) in [7, 11) is 0. The molecule has 0 amide bonds. The van der Waals surface area contributed by atoms with E-state index in [1.165, 1.54) is 81.7 Å². The average Bonchev–Trinajstić information content (AvgIpc) is 3.90. The Balaban J connectivity index is 1.12. The van der Waals surface area contributed by atoms with Crippen molar-refractivity contribution in [3.8, 4) is 56.3 Å². The predicted molar refractivity (Wildman–Crippen MR) is 239 cm³/mol. The second kappa shape index (κ2) is 11.6. The van der Waals surface area contributed by atoms with Crippen LogP contribution in [0, 0.1) is 0 Å². The maximum atomic E-state index is 5.55. The summed E-state index contributed by atoms with van der Waals surface area (Å²) in [6, 6.07) is 65.9. The minimum Gasteiger partial charge on any atom is -0.308 e. The van der Waals surface area contributed by atoms with Gasteiger partial charge in [0.15, 0.2) is 0 Å². The molecule has 0 N–H and O–H groups in total. The van der Waals surface area contributed by atoms with Gasteiger partial charge in [0.2, 0.25) is 5.95 Å². The number of hydrogen-bond acceptors (Lipinski definition) is 3. The summed E-state index contributed by atoms with van der Waals surface area (Å²) in [5.41, 5.74) is 15.2. The normalized spacial score (nSPS) is 12.2. The molecule has 0 fully saturated rings. The minimum atomic E-state index is 0.673. The molecule has 4 nitrogen and oxygen atoms in total. The lowest BCUT2D eigenvalue weighted by Gasteiger charge is -2.12. The molecule has 0 spiro atoms. The molecule has 8 aromatic carbocycles. The van der Waals surface area contributed by atoms with Gasteiger partial charge in [0.05, 0.1) is 33.4 Å². The summed E-state index contributed by atoms with van der Waals surface area (Å²) in [6.07, 6.45) is 0. The molecule has 1 aliphatic heterocycles. The number of fused-ring (bicyclic) bond motifs is 14. The molecule has 0 aliphatic carbocycles. The van der Waals surface area contributed by atoms with Gasteiger partial charge in [-0.3, -0.25) is 4.57 Å². The van der Waals surface area contributed by atoms with Gasteiger partial charge in [-0.2, -0.15) is 0 Å². The van der Waals surface area contributed by atoms with Crippen molar-refractivity contribution >= 4 is 75.3 Å². The van der Waals surface area contributed by atoms with Crippen LogP contribution in [0.4, 0.5) is 0 Å². The van der Waals surface area contributed by atoms with Gasteiger partial charge < -0.3 is 4.57 Å². The lowest BCUT2D eigenvalue weighted by atomic mass is 9.94. The van der Waals surface area contributed by atoms with Gasteiger partial charge in [-0.1, -0.05) is 152 Å². The maximum absolute atomic E-state index is 5.55. The molecule has 4 aromatic heterocycles. The Morgan fingerprint density at radius 2 is 0.982 bits per heavy atom. The quantitative estimate of drug-likeness (QED) is 0.181. The van der Waals surface area contributed by atoms with Crippen molar-refractivity contribution in [1.29, 1.82) is 0 Å². The minimum absolute atomic E-state index is 0.673. The Bertz CT molecular complexity index is 3630. The predicted octanol–water partition coefficient (Wildman–Crippen LogP) is 14.0. The van der Waals surface area contributed by atoms with Crippen LogP contribution in [0.25, 0.3) is 120 Å². The average molecular weight is 743 g/mol. The fraction of sp³-hybridized carbons (Fsp3) is 0. The smallest absolute Gasteiger partial charge is 0.236 e. The Hall–Kier alpha value is -7.34. The molecule has 0 saturated heterocycles. The van der Waals surface area contributed by atoms with Crippen LogP contribution < -0.4 is 0 Å². The fourth-order valence-corrected chi connectivity index (χ4v) is 10.5. The highest BCUT2D eigenvalue weighted by Crippen LogP contribution is 2.48.